The minimum atomic E-state index is -0.503. The van der Waals surface area contributed by atoms with E-state index in [-0.39, 0.29) is 42.0 Å². The van der Waals surface area contributed by atoms with Crippen molar-refractivity contribution in [1.29, 1.82) is 0 Å². The third kappa shape index (κ3) is 9.29. The van der Waals surface area contributed by atoms with Crippen LogP contribution >= 0.6 is 24.0 Å². The number of likely N-dealkylation sites (tertiary alicyclic amines) is 1. The highest BCUT2D eigenvalue weighted by atomic mass is 127. The number of guanidine groups is 1. The Morgan fingerprint density at radius 2 is 1.82 bits per heavy atom. The topological polar surface area (TPSA) is 83.5 Å². The van der Waals surface area contributed by atoms with Crippen LogP contribution in [-0.2, 0) is 14.3 Å². The van der Waals surface area contributed by atoms with Gasteiger partial charge in [-0.05, 0) is 47.5 Å². The van der Waals surface area contributed by atoms with E-state index in [1.54, 1.807) is 11.9 Å². The molecular formula is C19H37IN4O4. The molecule has 0 aromatic heterocycles. The summed E-state index contributed by atoms with van der Waals surface area (Å²) in [4.78, 5) is 32.2. The van der Waals surface area contributed by atoms with Crippen molar-refractivity contribution in [3.8, 4) is 0 Å². The highest BCUT2D eigenvalue weighted by molar-refractivity contribution is 14.0. The number of hydrogen-bond acceptors (Lipinski definition) is 5. The molecule has 1 fully saturated rings. The van der Waals surface area contributed by atoms with E-state index in [1.807, 2.05) is 34.6 Å². The Hall–Kier alpha value is -1.26. The fourth-order valence-electron chi connectivity index (χ4n) is 2.93. The smallest absolute Gasteiger partial charge is 0.410 e. The summed E-state index contributed by atoms with van der Waals surface area (Å²) in [6.07, 6.45) is 1.22. The molecule has 9 heteroatoms. The highest BCUT2D eigenvalue weighted by Gasteiger charge is 2.27. The van der Waals surface area contributed by atoms with E-state index < -0.39 is 5.60 Å². The van der Waals surface area contributed by atoms with Crippen LogP contribution < -0.4 is 5.32 Å². The van der Waals surface area contributed by atoms with Crippen LogP contribution in [0, 0.1) is 5.92 Å². The lowest BCUT2D eigenvalue weighted by Gasteiger charge is -2.33. The maximum absolute atomic E-state index is 12.2. The first-order chi connectivity index (χ1) is 12.7. The molecule has 1 heterocycles. The summed E-state index contributed by atoms with van der Waals surface area (Å²) < 4.78 is 10.5. The molecule has 0 atom stereocenters. The van der Waals surface area contributed by atoms with Crippen LogP contribution in [0.5, 0.6) is 0 Å². The predicted molar refractivity (Wildman–Crippen MR) is 121 cm³/mol. The zero-order chi connectivity index (χ0) is 20.4. The molecule has 164 valence electrons. The van der Waals surface area contributed by atoms with Gasteiger partial charge in [0.05, 0.1) is 12.5 Å². The first-order valence-electron chi connectivity index (χ1n) is 9.82. The largest absolute Gasteiger partial charge is 0.466 e. The summed E-state index contributed by atoms with van der Waals surface area (Å²) in [5.74, 6) is 0.663. The number of esters is 1. The van der Waals surface area contributed by atoms with Gasteiger partial charge in [0.15, 0.2) is 5.96 Å². The second-order valence-corrected chi connectivity index (χ2v) is 7.55. The summed E-state index contributed by atoms with van der Waals surface area (Å²) in [6, 6.07) is 0. The molecule has 8 nitrogen and oxygen atoms in total. The molecule has 0 saturated carbocycles. The number of ether oxygens (including phenoxy) is 2. The summed E-state index contributed by atoms with van der Waals surface area (Å²) >= 11 is 0. The second-order valence-electron chi connectivity index (χ2n) is 7.55. The van der Waals surface area contributed by atoms with Gasteiger partial charge in [0.1, 0.15) is 5.60 Å². The normalized spacial score (nSPS) is 15.5. The summed E-state index contributed by atoms with van der Waals surface area (Å²) in [5, 5.41) is 3.30. The third-order valence-corrected chi connectivity index (χ3v) is 4.32. The standard InChI is InChI=1S/C19H36N4O4.HI/c1-7-22(18(25)27-19(3,4)5)14-11-21-17(20-6)23-12-9-15(10-13-23)16(24)26-8-2;/h15H,7-14H2,1-6H3,(H,20,21);1H. The van der Waals surface area contributed by atoms with Crippen LogP contribution in [0.1, 0.15) is 47.5 Å². The number of amides is 1. The maximum atomic E-state index is 12.2. The molecule has 1 rings (SSSR count). The van der Waals surface area contributed by atoms with Gasteiger partial charge in [0, 0.05) is 39.8 Å². The molecule has 1 aliphatic rings. The first kappa shape index (κ1) is 26.7. The second kappa shape index (κ2) is 13.1. The Bertz CT molecular complexity index is 515. The lowest BCUT2D eigenvalue weighted by molar-refractivity contribution is -0.149. The number of nitrogens with zero attached hydrogens (tertiary/aromatic N) is 3. The molecule has 0 aromatic rings. The van der Waals surface area contributed by atoms with Crippen molar-refractivity contribution < 1.29 is 19.1 Å². The molecule has 1 N–H and O–H groups in total. The number of nitrogens with one attached hydrogen (secondary N) is 1. The Morgan fingerprint density at radius 3 is 2.29 bits per heavy atom. The van der Waals surface area contributed by atoms with Gasteiger partial charge >= 0.3 is 12.1 Å². The van der Waals surface area contributed by atoms with Gasteiger partial charge in [-0.1, -0.05) is 0 Å². The molecule has 0 spiro atoms. The molecule has 0 radical (unpaired) electrons. The van der Waals surface area contributed by atoms with E-state index in [0.29, 0.717) is 26.2 Å². The highest BCUT2D eigenvalue weighted by Crippen LogP contribution is 2.18. The SMILES string of the molecule is CCOC(=O)C1CCN(C(=NC)NCCN(CC)C(=O)OC(C)(C)C)CC1.I. The Balaban J connectivity index is 0.00000729. The fraction of sp³-hybridized carbons (Fsp3) is 0.842. The van der Waals surface area contributed by atoms with Crippen molar-refractivity contribution in [3.63, 3.8) is 0 Å². The van der Waals surface area contributed by atoms with Crippen LogP contribution in [-0.4, -0.2) is 79.8 Å². The molecule has 1 amide bonds. The van der Waals surface area contributed by atoms with Gasteiger partial charge in [0.25, 0.3) is 0 Å². The lowest BCUT2D eigenvalue weighted by Crippen LogP contribution is -2.49. The van der Waals surface area contributed by atoms with E-state index in [1.165, 1.54) is 0 Å². The molecule has 28 heavy (non-hydrogen) atoms. The quantitative estimate of drug-likeness (QED) is 0.255. The Kier molecular flexibility index (Phi) is 12.5. The van der Waals surface area contributed by atoms with E-state index in [9.17, 15) is 9.59 Å². The average molecular weight is 512 g/mol. The predicted octanol–water partition coefficient (Wildman–Crippen LogP) is 2.71. The summed E-state index contributed by atoms with van der Waals surface area (Å²) in [5.41, 5.74) is -0.503. The summed E-state index contributed by atoms with van der Waals surface area (Å²) in [7, 11) is 1.74. The zero-order valence-corrected chi connectivity index (χ0v) is 20.4. The minimum absolute atomic E-state index is 0. The number of piperidine rings is 1. The number of rotatable bonds is 6. The van der Waals surface area contributed by atoms with Gasteiger partial charge in [-0.2, -0.15) is 0 Å². The monoisotopic (exact) mass is 512 g/mol. The van der Waals surface area contributed by atoms with Gasteiger partial charge in [-0.3, -0.25) is 9.79 Å². The molecule has 0 bridgehead atoms. The van der Waals surface area contributed by atoms with Crippen molar-refractivity contribution in [2.45, 2.75) is 53.1 Å². The Labute approximate surface area is 186 Å². The van der Waals surface area contributed by atoms with E-state index in [4.69, 9.17) is 9.47 Å². The fourth-order valence-corrected chi connectivity index (χ4v) is 2.93. The molecule has 0 aliphatic carbocycles. The Morgan fingerprint density at radius 1 is 1.21 bits per heavy atom. The summed E-state index contributed by atoms with van der Waals surface area (Å²) in [6.45, 7) is 13.0. The van der Waals surface area contributed by atoms with Gasteiger partial charge in [0.2, 0.25) is 0 Å². The van der Waals surface area contributed by atoms with Crippen molar-refractivity contribution in [3.05, 3.63) is 0 Å². The van der Waals surface area contributed by atoms with Crippen LogP contribution in [0.2, 0.25) is 0 Å². The van der Waals surface area contributed by atoms with Gasteiger partial charge in [-0.15, -0.1) is 24.0 Å². The number of aliphatic imine (C=N–C) groups is 1. The number of carbonyl (C=O) groups excluding carboxylic acids is 2. The van der Waals surface area contributed by atoms with Crippen molar-refractivity contribution in [2.75, 3.05) is 46.4 Å². The van der Waals surface area contributed by atoms with Gasteiger partial charge in [-0.25, -0.2) is 4.79 Å². The third-order valence-electron chi connectivity index (χ3n) is 4.32. The number of halogens is 1. The van der Waals surface area contributed by atoms with Crippen molar-refractivity contribution in [2.24, 2.45) is 10.9 Å². The van der Waals surface area contributed by atoms with Crippen LogP contribution in [0.4, 0.5) is 4.79 Å². The number of carbonyl (C=O) groups is 2. The average Bonchev–Trinajstić information content (AvgIpc) is 2.61. The molecule has 1 aliphatic heterocycles. The number of likely N-dealkylation sites (N-methyl/N-ethyl adjacent to an activating group) is 1. The molecular weight excluding hydrogens is 475 g/mol. The molecule has 1 saturated heterocycles. The lowest BCUT2D eigenvalue weighted by atomic mass is 9.97. The molecule has 0 unspecified atom stereocenters. The first-order valence-corrected chi connectivity index (χ1v) is 9.82. The van der Waals surface area contributed by atoms with Crippen molar-refractivity contribution in [1.82, 2.24) is 15.1 Å². The number of hydrogen-bond donors (Lipinski definition) is 1. The minimum Gasteiger partial charge on any atom is -0.466 e. The van der Waals surface area contributed by atoms with Crippen LogP contribution in [0.25, 0.3) is 0 Å². The molecule has 0 aromatic carbocycles. The van der Waals surface area contributed by atoms with Crippen LogP contribution in [0.3, 0.4) is 0 Å². The van der Waals surface area contributed by atoms with E-state index >= 15 is 0 Å². The van der Waals surface area contributed by atoms with Gasteiger partial charge < -0.3 is 24.6 Å². The van der Waals surface area contributed by atoms with Crippen molar-refractivity contribution >= 4 is 42.0 Å². The zero-order valence-electron chi connectivity index (χ0n) is 18.1. The van der Waals surface area contributed by atoms with Crippen LogP contribution in [0.15, 0.2) is 4.99 Å². The maximum Gasteiger partial charge on any atom is 0.410 e. The van der Waals surface area contributed by atoms with E-state index in [0.717, 1.165) is 31.9 Å². The van der Waals surface area contributed by atoms with E-state index in [2.05, 4.69) is 15.2 Å².